The van der Waals surface area contributed by atoms with Crippen LogP contribution in [0.4, 0.5) is 5.69 Å². The molecule has 162 valence electrons. The molecule has 32 heavy (non-hydrogen) atoms. The van der Waals surface area contributed by atoms with Gasteiger partial charge in [-0.25, -0.2) is 0 Å². The number of halogens is 1. The number of ketones is 1. The summed E-state index contributed by atoms with van der Waals surface area (Å²) in [4.78, 5) is 26.2. The molecule has 0 radical (unpaired) electrons. The van der Waals surface area contributed by atoms with Gasteiger partial charge in [-0.2, -0.15) is 0 Å². The maximum atomic E-state index is 13.2. The molecule has 6 heteroatoms. The number of nitrogens with one attached hydrogen (secondary N) is 1. The van der Waals surface area contributed by atoms with E-state index in [1.54, 1.807) is 54.6 Å². The zero-order valence-corrected chi connectivity index (χ0v) is 18.3. The molecular formula is C26H22ClNO4. The molecule has 0 fully saturated rings. The van der Waals surface area contributed by atoms with Crippen LogP contribution in [-0.4, -0.2) is 18.3 Å². The van der Waals surface area contributed by atoms with Crippen LogP contribution in [0.15, 0.2) is 77.2 Å². The highest BCUT2D eigenvalue weighted by atomic mass is 35.5. The van der Waals surface area contributed by atoms with E-state index in [2.05, 4.69) is 12.2 Å². The second-order valence-electron chi connectivity index (χ2n) is 7.32. The van der Waals surface area contributed by atoms with Crippen LogP contribution >= 0.6 is 11.6 Å². The molecular weight excluding hydrogens is 426 g/mol. The van der Waals surface area contributed by atoms with Crippen LogP contribution in [0.5, 0.6) is 5.75 Å². The molecule has 0 aliphatic heterocycles. The Hall–Kier alpha value is -3.57. The van der Waals surface area contributed by atoms with Gasteiger partial charge in [0.05, 0.1) is 12.3 Å². The van der Waals surface area contributed by atoms with Crippen molar-refractivity contribution < 1.29 is 18.7 Å². The second kappa shape index (κ2) is 9.71. The molecule has 4 rings (SSSR count). The lowest BCUT2D eigenvalue weighted by Crippen LogP contribution is -2.14. The second-order valence-corrected chi connectivity index (χ2v) is 7.76. The van der Waals surface area contributed by atoms with Gasteiger partial charge >= 0.3 is 0 Å². The molecule has 4 aromatic rings. The van der Waals surface area contributed by atoms with E-state index in [9.17, 15) is 9.59 Å². The first-order chi connectivity index (χ1) is 15.6. The summed E-state index contributed by atoms with van der Waals surface area (Å²) in [6.07, 6.45) is 1.96. The molecule has 1 amide bonds. The number of hydrogen-bond donors (Lipinski definition) is 1. The van der Waals surface area contributed by atoms with E-state index in [-0.39, 0.29) is 17.5 Å². The molecule has 0 spiro atoms. The van der Waals surface area contributed by atoms with Crippen molar-refractivity contribution in [2.75, 3.05) is 11.9 Å². The van der Waals surface area contributed by atoms with Crippen molar-refractivity contribution >= 4 is 39.9 Å². The van der Waals surface area contributed by atoms with Gasteiger partial charge in [0.25, 0.3) is 5.91 Å². The zero-order chi connectivity index (χ0) is 22.5. The Kier molecular flexibility index (Phi) is 6.57. The number of rotatable bonds is 8. The van der Waals surface area contributed by atoms with Gasteiger partial charge in [0, 0.05) is 21.5 Å². The van der Waals surface area contributed by atoms with E-state index < -0.39 is 0 Å². The maximum Gasteiger partial charge on any atom is 0.255 e. The zero-order valence-electron chi connectivity index (χ0n) is 17.6. The number of hydrogen-bond acceptors (Lipinski definition) is 4. The largest absolute Gasteiger partial charge is 0.494 e. The average Bonchev–Trinajstić information content (AvgIpc) is 3.18. The predicted molar refractivity (Wildman–Crippen MR) is 126 cm³/mol. The number of amides is 1. The van der Waals surface area contributed by atoms with E-state index in [1.807, 2.05) is 18.2 Å². The van der Waals surface area contributed by atoms with Gasteiger partial charge in [0.15, 0.2) is 5.76 Å². The average molecular weight is 448 g/mol. The molecule has 0 saturated heterocycles. The minimum atomic E-state index is -0.359. The van der Waals surface area contributed by atoms with Crippen molar-refractivity contribution in [2.24, 2.45) is 0 Å². The predicted octanol–water partition coefficient (Wildman–Crippen LogP) is 6.75. The Morgan fingerprint density at radius 2 is 1.75 bits per heavy atom. The van der Waals surface area contributed by atoms with Gasteiger partial charge in [0.2, 0.25) is 5.78 Å². The van der Waals surface area contributed by atoms with E-state index in [0.29, 0.717) is 45.2 Å². The normalized spacial score (nSPS) is 10.8. The van der Waals surface area contributed by atoms with Gasteiger partial charge in [0.1, 0.15) is 11.3 Å². The molecule has 0 atom stereocenters. The topological polar surface area (TPSA) is 68.5 Å². The molecule has 0 bridgehead atoms. The summed E-state index contributed by atoms with van der Waals surface area (Å²) in [5, 5.41) is 4.05. The van der Waals surface area contributed by atoms with E-state index in [1.165, 1.54) is 0 Å². The number of fused-ring (bicyclic) bond motifs is 1. The number of furan rings is 1. The fraction of sp³-hybridized carbons (Fsp3) is 0.154. The first kappa shape index (κ1) is 21.7. The highest BCUT2D eigenvalue weighted by Gasteiger charge is 2.24. The molecule has 0 saturated carbocycles. The van der Waals surface area contributed by atoms with E-state index in [4.69, 9.17) is 20.8 Å². The lowest BCUT2D eigenvalue weighted by atomic mass is 10.1. The van der Waals surface area contributed by atoms with E-state index >= 15 is 0 Å². The van der Waals surface area contributed by atoms with Crippen LogP contribution in [0.2, 0.25) is 5.02 Å². The Bertz CT molecular complexity index is 1260. The summed E-state index contributed by atoms with van der Waals surface area (Å²) >= 11 is 5.95. The Labute approximate surface area is 191 Å². The molecule has 3 aromatic carbocycles. The molecule has 1 N–H and O–H groups in total. The van der Waals surface area contributed by atoms with Crippen molar-refractivity contribution in [1.82, 2.24) is 0 Å². The number of carbonyl (C=O) groups excluding carboxylic acids is 2. The van der Waals surface area contributed by atoms with Crippen molar-refractivity contribution in [3.8, 4) is 5.75 Å². The Morgan fingerprint density at radius 1 is 0.969 bits per heavy atom. The number of unbranched alkanes of at least 4 members (excludes halogenated alkanes) is 1. The van der Waals surface area contributed by atoms with E-state index in [0.717, 1.165) is 12.8 Å². The Morgan fingerprint density at radius 3 is 2.53 bits per heavy atom. The van der Waals surface area contributed by atoms with Crippen molar-refractivity contribution in [1.29, 1.82) is 0 Å². The maximum absolute atomic E-state index is 13.2. The third-order valence-corrected chi connectivity index (χ3v) is 5.26. The number of anilines is 1. The van der Waals surface area contributed by atoms with Crippen LogP contribution in [0.3, 0.4) is 0 Å². The van der Waals surface area contributed by atoms with Crippen LogP contribution in [0.1, 0.15) is 46.2 Å². The van der Waals surface area contributed by atoms with Gasteiger partial charge < -0.3 is 14.5 Å². The minimum absolute atomic E-state index is 0.0669. The molecule has 5 nitrogen and oxygen atoms in total. The molecule has 0 aliphatic carbocycles. The molecule has 1 heterocycles. The number of para-hydroxylation sites is 1. The van der Waals surface area contributed by atoms with Crippen LogP contribution < -0.4 is 10.1 Å². The summed E-state index contributed by atoms with van der Waals surface area (Å²) in [6.45, 7) is 2.68. The van der Waals surface area contributed by atoms with Crippen LogP contribution in [0.25, 0.3) is 11.0 Å². The fourth-order valence-electron chi connectivity index (χ4n) is 3.31. The first-order valence-electron chi connectivity index (χ1n) is 10.4. The number of benzene rings is 3. The summed E-state index contributed by atoms with van der Waals surface area (Å²) < 4.78 is 11.6. The third kappa shape index (κ3) is 4.68. The third-order valence-electron chi connectivity index (χ3n) is 5.01. The molecule has 0 unspecified atom stereocenters. The first-order valence-corrected chi connectivity index (χ1v) is 10.8. The van der Waals surface area contributed by atoms with Gasteiger partial charge in [-0.3, -0.25) is 9.59 Å². The van der Waals surface area contributed by atoms with Crippen molar-refractivity contribution in [3.63, 3.8) is 0 Å². The summed E-state index contributed by atoms with van der Waals surface area (Å²) in [6, 6.07) is 20.7. The lowest BCUT2D eigenvalue weighted by molar-refractivity contribution is 0.101. The van der Waals surface area contributed by atoms with Crippen molar-refractivity contribution in [3.05, 3.63) is 94.7 Å². The quantitative estimate of drug-likeness (QED) is 0.239. The fourth-order valence-corrected chi connectivity index (χ4v) is 3.43. The van der Waals surface area contributed by atoms with Crippen LogP contribution in [0, 0.1) is 0 Å². The molecule has 0 aliphatic rings. The molecule has 1 aromatic heterocycles. The smallest absolute Gasteiger partial charge is 0.255 e. The van der Waals surface area contributed by atoms with Crippen molar-refractivity contribution in [2.45, 2.75) is 19.8 Å². The highest BCUT2D eigenvalue weighted by molar-refractivity contribution is 6.30. The van der Waals surface area contributed by atoms with Crippen LogP contribution in [-0.2, 0) is 0 Å². The number of ether oxygens (including phenoxy) is 1. The van der Waals surface area contributed by atoms with Gasteiger partial charge in [-0.05, 0) is 61.0 Å². The monoisotopic (exact) mass is 447 g/mol. The minimum Gasteiger partial charge on any atom is -0.494 e. The number of carbonyl (C=O) groups is 2. The standard InChI is InChI=1S/C26H22ClNO4/c1-2-3-15-31-20-8-6-7-18(16-20)26(30)28-23-21-9-4-5-10-22(21)32-25(23)24(29)17-11-13-19(27)14-12-17/h4-14,16H,2-3,15H2,1H3,(H,28,30). The highest BCUT2D eigenvalue weighted by Crippen LogP contribution is 2.33. The Balaban J connectivity index is 1.66. The van der Waals surface area contributed by atoms with Gasteiger partial charge in [-0.1, -0.05) is 43.1 Å². The summed E-state index contributed by atoms with van der Waals surface area (Å²) in [5.41, 5.74) is 1.68. The summed E-state index contributed by atoms with van der Waals surface area (Å²) in [5.74, 6) is -0.00898. The SMILES string of the molecule is CCCCOc1cccc(C(=O)Nc2c(C(=O)c3ccc(Cl)cc3)oc3ccccc23)c1. The van der Waals surface area contributed by atoms with Gasteiger partial charge in [-0.15, -0.1) is 0 Å². The lowest BCUT2D eigenvalue weighted by Gasteiger charge is -2.09. The summed E-state index contributed by atoms with van der Waals surface area (Å²) in [7, 11) is 0.